The lowest BCUT2D eigenvalue weighted by Crippen LogP contribution is -2.06. The Morgan fingerprint density at radius 2 is 1.45 bits per heavy atom. The largest absolute Gasteiger partial charge is 0.508 e. The molecule has 0 amide bonds. The number of rotatable bonds is 11. The van der Waals surface area contributed by atoms with Crippen LogP contribution in [0, 0.1) is 0 Å². The molecule has 3 N–H and O–H groups in total. The summed E-state index contributed by atoms with van der Waals surface area (Å²) in [6.07, 6.45) is 5.50. The van der Waals surface area contributed by atoms with E-state index in [0.29, 0.717) is 33.8 Å². The summed E-state index contributed by atoms with van der Waals surface area (Å²) in [5, 5.41) is 29.3. The molecule has 0 fully saturated rings. The molecule has 0 aliphatic heterocycles. The minimum Gasteiger partial charge on any atom is -0.508 e. The SMILES string of the molecule is COc1ccc(/C=C/C(=O)C(CC(C)=O)=C(O)/C=C/c2ccc(CO)c(CO)c2)cc1OC. The highest BCUT2D eigenvalue weighted by Crippen LogP contribution is 2.28. The molecule has 0 aliphatic rings. The maximum Gasteiger partial charge on any atom is 0.185 e. The van der Waals surface area contributed by atoms with Crippen molar-refractivity contribution in [2.75, 3.05) is 14.2 Å². The van der Waals surface area contributed by atoms with E-state index in [1.54, 1.807) is 48.6 Å². The van der Waals surface area contributed by atoms with E-state index in [9.17, 15) is 24.9 Å². The molecule has 33 heavy (non-hydrogen) atoms. The van der Waals surface area contributed by atoms with Crippen LogP contribution in [0.5, 0.6) is 11.5 Å². The number of allylic oxidation sites excluding steroid dienone is 3. The molecule has 2 aromatic carbocycles. The van der Waals surface area contributed by atoms with Crippen LogP contribution in [-0.2, 0) is 22.8 Å². The van der Waals surface area contributed by atoms with E-state index in [1.165, 1.54) is 33.3 Å². The Bertz CT molecular complexity index is 1090. The number of ketones is 2. The summed E-state index contributed by atoms with van der Waals surface area (Å²) in [4.78, 5) is 24.5. The first-order valence-corrected chi connectivity index (χ1v) is 10.2. The van der Waals surface area contributed by atoms with Gasteiger partial charge in [0.15, 0.2) is 17.3 Å². The zero-order chi connectivity index (χ0) is 24.4. The summed E-state index contributed by atoms with van der Waals surface area (Å²) < 4.78 is 10.4. The molecule has 0 unspecified atom stereocenters. The van der Waals surface area contributed by atoms with E-state index in [4.69, 9.17) is 9.47 Å². The summed E-state index contributed by atoms with van der Waals surface area (Å²) in [6, 6.07) is 10.2. The van der Waals surface area contributed by atoms with Gasteiger partial charge in [0.05, 0.1) is 27.4 Å². The van der Waals surface area contributed by atoms with Gasteiger partial charge in [0.25, 0.3) is 0 Å². The molecule has 0 spiro atoms. The van der Waals surface area contributed by atoms with Crippen molar-refractivity contribution in [2.24, 2.45) is 0 Å². The quantitative estimate of drug-likeness (QED) is 0.270. The van der Waals surface area contributed by atoms with Crippen LogP contribution in [0.3, 0.4) is 0 Å². The third-order valence-electron chi connectivity index (χ3n) is 4.87. The second kappa shape index (κ2) is 12.4. The minimum atomic E-state index is -0.506. The highest BCUT2D eigenvalue weighted by molar-refractivity contribution is 6.09. The summed E-state index contributed by atoms with van der Waals surface area (Å²) >= 11 is 0. The van der Waals surface area contributed by atoms with Crippen LogP contribution in [0.2, 0.25) is 0 Å². The van der Waals surface area contributed by atoms with Crippen LogP contribution < -0.4 is 9.47 Å². The minimum absolute atomic E-state index is 0.0372. The van der Waals surface area contributed by atoms with Crippen molar-refractivity contribution in [1.29, 1.82) is 0 Å². The molecular weight excluding hydrogens is 424 g/mol. The molecular formula is C26H28O7. The van der Waals surface area contributed by atoms with Gasteiger partial charge in [-0.25, -0.2) is 0 Å². The van der Waals surface area contributed by atoms with E-state index in [1.807, 2.05) is 0 Å². The molecule has 0 heterocycles. The topological polar surface area (TPSA) is 113 Å². The highest BCUT2D eigenvalue weighted by atomic mass is 16.5. The van der Waals surface area contributed by atoms with E-state index in [-0.39, 0.29) is 36.8 Å². The fourth-order valence-electron chi connectivity index (χ4n) is 3.11. The van der Waals surface area contributed by atoms with Crippen molar-refractivity contribution >= 4 is 23.7 Å². The lowest BCUT2D eigenvalue weighted by molar-refractivity contribution is -0.118. The number of hydrogen-bond acceptors (Lipinski definition) is 7. The van der Waals surface area contributed by atoms with Crippen LogP contribution in [0.4, 0.5) is 0 Å². The zero-order valence-electron chi connectivity index (χ0n) is 18.9. The van der Waals surface area contributed by atoms with Crippen molar-refractivity contribution in [2.45, 2.75) is 26.6 Å². The Hall–Kier alpha value is -3.68. The monoisotopic (exact) mass is 452 g/mol. The maximum absolute atomic E-state index is 12.8. The molecule has 0 radical (unpaired) electrons. The molecule has 7 nitrogen and oxygen atoms in total. The average Bonchev–Trinajstić information content (AvgIpc) is 2.83. The van der Waals surface area contributed by atoms with Crippen LogP contribution >= 0.6 is 0 Å². The van der Waals surface area contributed by atoms with Crippen LogP contribution in [-0.4, -0.2) is 41.1 Å². The number of ether oxygens (including phenoxy) is 2. The van der Waals surface area contributed by atoms with Gasteiger partial charge in [0, 0.05) is 12.0 Å². The van der Waals surface area contributed by atoms with Gasteiger partial charge in [-0.2, -0.15) is 0 Å². The van der Waals surface area contributed by atoms with Crippen LogP contribution in [0.1, 0.15) is 35.6 Å². The first kappa shape index (κ1) is 25.6. The molecule has 0 bridgehead atoms. The molecule has 2 aromatic rings. The molecule has 0 atom stereocenters. The Morgan fingerprint density at radius 1 is 0.848 bits per heavy atom. The summed E-state index contributed by atoms with van der Waals surface area (Å²) in [6.45, 7) is 0.895. The van der Waals surface area contributed by atoms with Crippen molar-refractivity contribution < 1.29 is 34.4 Å². The normalized spacial score (nSPS) is 12.2. The predicted octanol–water partition coefficient (Wildman–Crippen LogP) is 3.78. The smallest absolute Gasteiger partial charge is 0.185 e. The zero-order valence-corrected chi connectivity index (χ0v) is 18.9. The van der Waals surface area contributed by atoms with Gasteiger partial charge in [-0.1, -0.05) is 30.4 Å². The van der Waals surface area contributed by atoms with Gasteiger partial charge in [-0.3, -0.25) is 9.59 Å². The average molecular weight is 453 g/mol. The lowest BCUT2D eigenvalue weighted by atomic mass is 10.0. The molecule has 0 saturated heterocycles. The van der Waals surface area contributed by atoms with Crippen molar-refractivity contribution in [3.63, 3.8) is 0 Å². The number of carbonyl (C=O) groups is 2. The van der Waals surface area contributed by atoms with Crippen molar-refractivity contribution in [1.82, 2.24) is 0 Å². The number of hydrogen-bond donors (Lipinski definition) is 3. The number of aliphatic hydroxyl groups excluding tert-OH is 3. The molecule has 0 aromatic heterocycles. The molecule has 0 saturated carbocycles. The summed E-state index contributed by atoms with van der Waals surface area (Å²) in [5.74, 6) is -0.0467. The Labute approximate surface area is 192 Å². The number of methoxy groups -OCH3 is 2. The highest BCUT2D eigenvalue weighted by Gasteiger charge is 2.14. The van der Waals surface area contributed by atoms with Crippen LogP contribution in [0.15, 0.2) is 59.9 Å². The van der Waals surface area contributed by atoms with E-state index in [0.717, 1.165) is 0 Å². The fourth-order valence-corrected chi connectivity index (χ4v) is 3.11. The number of carbonyl (C=O) groups excluding carboxylic acids is 2. The van der Waals surface area contributed by atoms with E-state index >= 15 is 0 Å². The third-order valence-corrected chi connectivity index (χ3v) is 4.87. The summed E-state index contributed by atoms with van der Waals surface area (Å²) in [7, 11) is 3.03. The van der Waals surface area contributed by atoms with E-state index < -0.39 is 5.78 Å². The summed E-state index contributed by atoms with van der Waals surface area (Å²) in [5.41, 5.74) is 2.45. The Balaban J connectivity index is 2.31. The van der Waals surface area contributed by atoms with Crippen LogP contribution in [0.25, 0.3) is 12.2 Å². The second-order valence-electron chi connectivity index (χ2n) is 7.23. The molecule has 0 aliphatic carbocycles. The first-order chi connectivity index (χ1) is 15.8. The second-order valence-corrected chi connectivity index (χ2v) is 7.23. The van der Waals surface area contributed by atoms with E-state index in [2.05, 4.69) is 0 Å². The molecule has 7 heteroatoms. The number of aliphatic hydroxyl groups is 3. The maximum atomic E-state index is 12.8. The van der Waals surface area contributed by atoms with Gasteiger partial charge in [0.1, 0.15) is 11.5 Å². The molecule has 174 valence electrons. The lowest BCUT2D eigenvalue weighted by Gasteiger charge is -2.08. The van der Waals surface area contributed by atoms with Gasteiger partial charge in [-0.15, -0.1) is 0 Å². The van der Waals surface area contributed by atoms with Crippen molar-refractivity contribution in [3.05, 3.63) is 82.1 Å². The van der Waals surface area contributed by atoms with Gasteiger partial charge < -0.3 is 24.8 Å². The molecule has 2 rings (SSSR count). The van der Waals surface area contributed by atoms with Gasteiger partial charge in [0.2, 0.25) is 0 Å². The van der Waals surface area contributed by atoms with Gasteiger partial charge in [-0.05, 0) is 59.5 Å². The number of benzene rings is 2. The predicted molar refractivity (Wildman–Crippen MR) is 126 cm³/mol. The number of Topliss-reactive ketones (excluding diaryl/α,β-unsaturated/α-hetero) is 1. The third kappa shape index (κ3) is 7.17. The van der Waals surface area contributed by atoms with Gasteiger partial charge >= 0.3 is 0 Å². The standard InChI is InChI=1S/C26H28O7/c1-17(29)12-22(23(30)9-5-18-4-8-20(15-27)21(13-18)16-28)24(31)10-6-19-7-11-25(32-2)26(14-19)33-3/h4-11,13-14,27-28,30H,12,15-16H2,1-3H3/b9-5+,10-6+,23-22?. The first-order valence-electron chi connectivity index (χ1n) is 10.2. The Kier molecular flexibility index (Phi) is 9.60. The Morgan fingerprint density at radius 3 is 2.06 bits per heavy atom. The van der Waals surface area contributed by atoms with Crippen molar-refractivity contribution in [3.8, 4) is 11.5 Å². The fraction of sp³-hybridized carbons (Fsp3) is 0.231.